The van der Waals surface area contributed by atoms with Crippen molar-refractivity contribution in [3.8, 4) is 0 Å². The minimum atomic E-state index is -0.669. The van der Waals surface area contributed by atoms with E-state index >= 15 is 0 Å². The first-order valence-corrected chi connectivity index (χ1v) is 4.83. The molecular weight excluding hydrogens is 202 g/mol. The van der Waals surface area contributed by atoms with Crippen LogP contribution in [-0.4, -0.2) is 12.2 Å². The van der Waals surface area contributed by atoms with E-state index in [9.17, 15) is 4.79 Å². The van der Waals surface area contributed by atoms with Crippen LogP contribution in [0.4, 0.5) is 4.79 Å². The van der Waals surface area contributed by atoms with Crippen molar-refractivity contribution in [2.24, 2.45) is 10.8 Å². The second-order valence-corrected chi connectivity index (χ2v) is 3.34. The molecule has 0 aliphatic carbocycles. The fourth-order valence-electron chi connectivity index (χ4n) is 1.46. The third-order valence-corrected chi connectivity index (χ3v) is 2.16. The molecule has 2 aromatic carbocycles. The molecule has 0 fully saturated rings. The maximum absolute atomic E-state index is 10.4. The van der Waals surface area contributed by atoms with Crippen molar-refractivity contribution in [2.45, 2.75) is 0 Å². The van der Waals surface area contributed by atoms with Gasteiger partial charge in [-0.25, -0.2) is 10.2 Å². The number of amides is 2. The first-order chi connectivity index (χ1) is 7.75. The minimum Gasteiger partial charge on any atom is -0.350 e. The number of hydrazone groups is 1. The monoisotopic (exact) mass is 213 g/mol. The van der Waals surface area contributed by atoms with Crippen molar-refractivity contribution >= 4 is 23.0 Å². The summed E-state index contributed by atoms with van der Waals surface area (Å²) in [6, 6.07) is 13.3. The molecule has 0 unspecified atom stereocenters. The van der Waals surface area contributed by atoms with Crippen LogP contribution in [0.25, 0.3) is 10.8 Å². The zero-order valence-corrected chi connectivity index (χ0v) is 8.55. The predicted octanol–water partition coefficient (Wildman–Crippen LogP) is 1.84. The van der Waals surface area contributed by atoms with E-state index in [2.05, 4.69) is 10.5 Å². The van der Waals surface area contributed by atoms with Gasteiger partial charge in [0.2, 0.25) is 0 Å². The number of nitrogens with two attached hydrogens (primary N) is 1. The summed E-state index contributed by atoms with van der Waals surface area (Å²) in [5.41, 5.74) is 7.94. The first-order valence-electron chi connectivity index (χ1n) is 4.83. The van der Waals surface area contributed by atoms with Gasteiger partial charge in [0.25, 0.3) is 0 Å². The molecule has 2 aromatic rings. The largest absolute Gasteiger partial charge is 0.350 e. The van der Waals surface area contributed by atoms with Gasteiger partial charge < -0.3 is 5.73 Å². The number of hydrogen-bond acceptors (Lipinski definition) is 2. The van der Waals surface area contributed by atoms with Gasteiger partial charge in [0.1, 0.15) is 0 Å². The molecule has 0 aromatic heterocycles. The summed E-state index contributed by atoms with van der Waals surface area (Å²) < 4.78 is 0. The van der Waals surface area contributed by atoms with E-state index in [0.29, 0.717) is 0 Å². The lowest BCUT2D eigenvalue weighted by molar-refractivity contribution is 0.249. The lowest BCUT2D eigenvalue weighted by Gasteiger charge is -1.98. The number of urea groups is 1. The minimum absolute atomic E-state index is 0.669. The van der Waals surface area contributed by atoms with Gasteiger partial charge in [-0.05, 0) is 22.4 Å². The molecule has 0 heterocycles. The summed E-state index contributed by atoms with van der Waals surface area (Å²) >= 11 is 0. The fourth-order valence-corrected chi connectivity index (χ4v) is 1.46. The molecule has 0 radical (unpaired) electrons. The summed E-state index contributed by atoms with van der Waals surface area (Å²) in [7, 11) is 0. The van der Waals surface area contributed by atoms with E-state index < -0.39 is 6.03 Å². The summed E-state index contributed by atoms with van der Waals surface area (Å²) in [6.07, 6.45) is 1.55. The quantitative estimate of drug-likeness (QED) is 0.580. The summed E-state index contributed by atoms with van der Waals surface area (Å²) in [5.74, 6) is 0. The van der Waals surface area contributed by atoms with E-state index in [1.165, 1.54) is 5.39 Å². The number of primary amides is 1. The number of hydrogen-bond donors (Lipinski definition) is 2. The molecule has 2 amide bonds. The molecule has 0 spiro atoms. The van der Waals surface area contributed by atoms with Crippen molar-refractivity contribution in [1.29, 1.82) is 0 Å². The standard InChI is InChI=1S/C12H11N3O/c13-12(16)15-14-8-9-5-6-10-3-1-2-4-11(10)7-9/h1-8H,(H3,13,15,16)/b14-8+. The van der Waals surface area contributed by atoms with Crippen LogP contribution < -0.4 is 11.2 Å². The van der Waals surface area contributed by atoms with Gasteiger partial charge in [0.15, 0.2) is 0 Å². The van der Waals surface area contributed by atoms with E-state index in [-0.39, 0.29) is 0 Å². The summed E-state index contributed by atoms with van der Waals surface area (Å²) in [5, 5.41) is 6.00. The molecule has 0 saturated heterocycles. The predicted molar refractivity (Wildman–Crippen MR) is 64.3 cm³/mol. The highest BCUT2D eigenvalue weighted by molar-refractivity contribution is 5.90. The Bertz CT molecular complexity index is 549. The molecule has 3 N–H and O–H groups in total. The van der Waals surface area contributed by atoms with Gasteiger partial charge in [-0.2, -0.15) is 5.10 Å². The van der Waals surface area contributed by atoms with Crippen molar-refractivity contribution in [3.05, 3.63) is 48.0 Å². The fraction of sp³-hybridized carbons (Fsp3) is 0. The molecule has 0 saturated carbocycles. The van der Waals surface area contributed by atoms with Crippen LogP contribution in [0.5, 0.6) is 0 Å². The molecule has 80 valence electrons. The third-order valence-electron chi connectivity index (χ3n) is 2.16. The third kappa shape index (κ3) is 2.36. The number of nitrogens with one attached hydrogen (secondary N) is 1. The number of benzene rings is 2. The molecule has 2 rings (SSSR count). The van der Waals surface area contributed by atoms with Crippen LogP contribution in [0.15, 0.2) is 47.6 Å². The second-order valence-electron chi connectivity index (χ2n) is 3.34. The van der Waals surface area contributed by atoms with Gasteiger partial charge in [-0.1, -0.05) is 36.4 Å². The van der Waals surface area contributed by atoms with Gasteiger partial charge in [0, 0.05) is 0 Å². The Morgan fingerprint density at radius 2 is 1.94 bits per heavy atom. The van der Waals surface area contributed by atoms with Gasteiger partial charge in [0.05, 0.1) is 6.21 Å². The Hall–Kier alpha value is -2.36. The summed E-state index contributed by atoms with van der Waals surface area (Å²) in [6.45, 7) is 0. The Labute approximate surface area is 92.8 Å². The van der Waals surface area contributed by atoms with Crippen molar-refractivity contribution in [1.82, 2.24) is 5.43 Å². The normalized spacial score (nSPS) is 10.8. The van der Waals surface area contributed by atoms with E-state index in [1.807, 2.05) is 42.5 Å². The second kappa shape index (κ2) is 4.44. The Kier molecular flexibility index (Phi) is 2.82. The molecular formula is C12H11N3O. The molecule has 16 heavy (non-hydrogen) atoms. The molecule has 0 atom stereocenters. The van der Waals surface area contributed by atoms with Crippen LogP contribution in [0.3, 0.4) is 0 Å². The van der Waals surface area contributed by atoms with Crippen molar-refractivity contribution < 1.29 is 4.79 Å². The lowest BCUT2D eigenvalue weighted by atomic mass is 10.1. The highest BCUT2D eigenvalue weighted by atomic mass is 16.2. The molecule has 0 aliphatic heterocycles. The Morgan fingerprint density at radius 1 is 1.19 bits per heavy atom. The van der Waals surface area contributed by atoms with Gasteiger partial charge >= 0.3 is 6.03 Å². The van der Waals surface area contributed by atoms with Crippen LogP contribution in [0.2, 0.25) is 0 Å². The smallest absolute Gasteiger partial charge is 0.332 e. The number of nitrogens with zero attached hydrogens (tertiary/aromatic N) is 1. The van der Waals surface area contributed by atoms with Crippen LogP contribution in [0.1, 0.15) is 5.56 Å². The molecule has 0 bridgehead atoms. The highest BCUT2D eigenvalue weighted by Crippen LogP contribution is 2.14. The Balaban J connectivity index is 2.26. The first kappa shape index (κ1) is 10.2. The lowest BCUT2D eigenvalue weighted by Crippen LogP contribution is -2.24. The maximum atomic E-state index is 10.4. The molecule has 0 aliphatic rings. The van der Waals surface area contributed by atoms with Crippen LogP contribution >= 0.6 is 0 Å². The SMILES string of the molecule is NC(=O)N/N=C/c1ccc2ccccc2c1. The topological polar surface area (TPSA) is 67.5 Å². The van der Waals surface area contributed by atoms with Crippen LogP contribution in [0, 0.1) is 0 Å². The van der Waals surface area contributed by atoms with Crippen LogP contribution in [-0.2, 0) is 0 Å². The maximum Gasteiger partial charge on any atom is 0.332 e. The number of carbonyl (C=O) groups is 1. The average molecular weight is 213 g/mol. The van der Waals surface area contributed by atoms with Crippen molar-refractivity contribution in [3.63, 3.8) is 0 Å². The van der Waals surface area contributed by atoms with E-state index in [4.69, 9.17) is 5.73 Å². The molecule has 4 heteroatoms. The summed E-state index contributed by atoms with van der Waals surface area (Å²) in [4.78, 5) is 10.4. The number of fused-ring (bicyclic) bond motifs is 1. The van der Waals surface area contributed by atoms with E-state index in [1.54, 1.807) is 6.21 Å². The van der Waals surface area contributed by atoms with Gasteiger partial charge in [-0.3, -0.25) is 0 Å². The highest BCUT2D eigenvalue weighted by Gasteiger charge is 1.93. The van der Waals surface area contributed by atoms with E-state index in [0.717, 1.165) is 10.9 Å². The number of rotatable bonds is 2. The average Bonchev–Trinajstić information content (AvgIpc) is 2.28. The molecule has 4 nitrogen and oxygen atoms in total. The van der Waals surface area contributed by atoms with Gasteiger partial charge in [-0.15, -0.1) is 0 Å². The Morgan fingerprint density at radius 3 is 2.69 bits per heavy atom. The van der Waals surface area contributed by atoms with Crippen molar-refractivity contribution in [2.75, 3.05) is 0 Å². The zero-order chi connectivity index (χ0) is 11.4. The number of carbonyl (C=O) groups excluding carboxylic acids is 1. The zero-order valence-electron chi connectivity index (χ0n) is 8.55.